The number of hydrogen-bond acceptors (Lipinski definition) is 7. The molecule has 1 aliphatic heterocycles. The van der Waals surface area contributed by atoms with Crippen molar-refractivity contribution in [3.8, 4) is 0 Å². The first-order valence-corrected chi connectivity index (χ1v) is 9.10. The molecule has 1 atom stereocenters. The van der Waals surface area contributed by atoms with Gasteiger partial charge < -0.3 is 5.11 Å². The minimum atomic E-state index is -0.740. The number of rotatable bonds is 4. The van der Waals surface area contributed by atoms with Gasteiger partial charge in [-0.3, -0.25) is 14.5 Å². The number of aliphatic hydroxyl groups is 1. The highest BCUT2D eigenvalue weighted by atomic mass is 32.1. The number of benzene rings is 1. The Kier molecular flexibility index (Phi) is 3.90. The number of anilines is 1. The van der Waals surface area contributed by atoms with E-state index >= 15 is 0 Å². The lowest BCUT2D eigenvalue weighted by molar-refractivity contribution is -0.117. The van der Waals surface area contributed by atoms with Crippen LogP contribution >= 0.6 is 22.7 Å². The van der Waals surface area contributed by atoms with E-state index in [1.807, 2.05) is 30.3 Å². The summed E-state index contributed by atoms with van der Waals surface area (Å²) in [5.74, 6) is -1.55. The van der Waals surface area contributed by atoms with Gasteiger partial charge in [0.25, 0.3) is 5.91 Å². The Balaban J connectivity index is 1.88. The van der Waals surface area contributed by atoms with Crippen LogP contribution in [0.3, 0.4) is 0 Å². The molecule has 1 aliphatic rings. The molecule has 1 amide bonds. The fourth-order valence-electron chi connectivity index (χ4n) is 2.80. The quantitative estimate of drug-likeness (QED) is 0.713. The summed E-state index contributed by atoms with van der Waals surface area (Å²) < 4.78 is 0. The Labute approximate surface area is 150 Å². The zero-order valence-electron chi connectivity index (χ0n) is 12.7. The molecule has 0 spiro atoms. The van der Waals surface area contributed by atoms with Crippen molar-refractivity contribution in [2.45, 2.75) is 6.04 Å². The van der Waals surface area contributed by atoms with Crippen molar-refractivity contribution >= 4 is 39.5 Å². The molecule has 2 aromatic heterocycles. The zero-order chi connectivity index (χ0) is 17.4. The molecule has 6 nitrogen and oxygen atoms in total. The standard InChI is InChI=1S/C17H11N3O3S2/c21-14(11-7-4-8-24-11)12-13(10-5-2-1-3-6-10)20(16(23)15(12)22)17-19-18-9-25-17/h1-9,13,22H/t13-/m1/s1. The van der Waals surface area contributed by atoms with Crippen LogP contribution in [0.2, 0.25) is 0 Å². The van der Waals surface area contributed by atoms with E-state index in [0.29, 0.717) is 10.0 Å². The smallest absolute Gasteiger partial charge is 0.296 e. The van der Waals surface area contributed by atoms with Crippen LogP contribution in [-0.2, 0) is 4.79 Å². The van der Waals surface area contributed by atoms with Crippen LogP contribution in [0.25, 0.3) is 0 Å². The van der Waals surface area contributed by atoms with Crippen LogP contribution < -0.4 is 4.90 Å². The van der Waals surface area contributed by atoms with E-state index < -0.39 is 17.7 Å². The first-order valence-electron chi connectivity index (χ1n) is 7.34. The lowest BCUT2D eigenvalue weighted by Gasteiger charge is -2.23. The van der Waals surface area contributed by atoms with Gasteiger partial charge in [0.2, 0.25) is 10.9 Å². The predicted molar refractivity (Wildman–Crippen MR) is 94.9 cm³/mol. The van der Waals surface area contributed by atoms with Gasteiger partial charge in [-0.05, 0) is 17.0 Å². The number of hydrogen-bond donors (Lipinski definition) is 1. The van der Waals surface area contributed by atoms with E-state index in [9.17, 15) is 14.7 Å². The summed E-state index contributed by atoms with van der Waals surface area (Å²) >= 11 is 2.44. The van der Waals surface area contributed by atoms with Crippen LogP contribution in [0.4, 0.5) is 5.13 Å². The number of nitrogens with zero attached hydrogens (tertiary/aromatic N) is 3. The molecule has 0 radical (unpaired) electrons. The molecule has 124 valence electrons. The summed E-state index contributed by atoms with van der Waals surface area (Å²) in [5, 5.41) is 20.3. The number of carbonyl (C=O) groups is 2. The lowest BCUT2D eigenvalue weighted by atomic mass is 9.96. The Morgan fingerprint density at radius 3 is 2.56 bits per heavy atom. The minimum Gasteiger partial charge on any atom is -0.503 e. The molecule has 8 heteroatoms. The van der Waals surface area contributed by atoms with E-state index in [1.165, 1.54) is 33.1 Å². The highest BCUT2D eigenvalue weighted by molar-refractivity contribution is 7.13. The third kappa shape index (κ3) is 2.55. The van der Waals surface area contributed by atoms with Gasteiger partial charge in [0.1, 0.15) is 5.51 Å². The largest absolute Gasteiger partial charge is 0.503 e. The predicted octanol–water partition coefficient (Wildman–Crippen LogP) is 3.38. The molecule has 25 heavy (non-hydrogen) atoms. The number of aromatic nitrogens is 2. The molecular formula is C17H11N3O3S2. The maximum atomic E-state index is 12.9. The van der Waals surface area contributed by atoms with Gasteiger partial charge in [0.05, 0.1) is 16.5 Å². The van der Waals surface area contributed by atoms with E-state index in [2.05, 4.69) is 10.2 Å². The molecular weight excluding hydrogens is 358 g/mol. The van der Waals surface area contributed by atoms with Crippen molar-refractivity contribution in [2.75, 3.05) is 4.90 Å². The summed E-state index contributed by atoms with van der Waals surface area (Å²) in [4.78, 5) is 27.4. The highest BCUT2D eigenvalue weighted by Gasteiger charge is 2.45. The van der Waals surface area contributed by atoms with Crippen molar-refractivity contribution < 1.29 is 14.7 Å². The zero-order valence-corrected chi connectivity index (χ0v) is 14.3. The van der Waals surface area contributed by atoms with E-state index in [1.54, 1.807) is 17.5 Å². The molecule has 0 unspecified atom stereocenters. The molecule has 0 fully saturated rings. The van der Waals surface area contributed by atoms with Gasteiger partial charge in [-0.15, -0.1) is 21.5 Å². The SMILES string of the molecule is O=C(C1=C(O)C(=O)N(c2nncs2)[C@@H]1c1ccccc1)c1cccs1. The van der Waals surface area contributed by atoms with Crippen LogP contribution in [0.1, 0.15) is 21.3 Å². The molecule has 0 saturated carbocycles. The van der Waals surface area contributed by atoms with Gasteiger partial charge in [0.15, 0.2) is 5.76 Å². The monoisotopic (exact) mass is 369 g/mol. The topological polar surface area (TPSA) is 83.4 Å². The average Bonchev–Trinajstić information content (AvgIpc) is 3.37. The molecule has 1 aromatic carbocycles. The Hall–Kier alpha value is -2.84. The summed E-state index contributed by atoms with van der Waals surface area (Å²) in [6.07, 6.45) is 0. The van der Waals surface area contributed by atoms with E-state index in [4.69, 9.17) is 0 Å². The second kappa shape index (κ2) is 6.23. The summed E-state index contributed by atoms with van der Waals surface area (Å²) in [6.45, 7) is 0. The summed E-state index contributed by atoms with van der Waals surface area (Å²) in [5.41, 5.74) is 2.28. The van der Waals surface area contributed by atoms with E-state index in [-0.39, 0.29) is 11.4 Å². The molecule has 1 N–H and O–H groups in total. The van der Waals surface area contributed by atoms with Crippen molar-refractivity contribution in [3.63, 3.8) is 0 Å². The van der Waals surface area contributed by atoms with Crippen molar-refractivity contribution in [1.82, 2.24) is 10.2 Å². The molecule has 3 aromatic rings. The lowest BCUT2D eigenvalue weighted by Crippen LogP contribution is -2.30. The number of thiophene rings is 1. The van der Waals surface area contributed by atoms with Crippen molar-refractivity contribution in [3.05, 3.63) is 75.1 Å². The van der Waals surface area contributed by atoms with Gasteiger partial charge in [0, 0.05) is 0 Å². The highest BCUT2D eigenvalue weighted by Crippen LogP contribution is 2.42. The maximum Gasteiger partial charge on any atom is 0.296 e. The molecule has 0 saturated heterocycles. The molecule has 3 heterocycles. The van der Waals surface area contributed by atoms with Gasteiger partial charge >= 0.3 is 0 Å². The number of aliphatic hydroxyl groups excluding tert-OH is 1. The number of carbonyl (C=O) groups excluding carboxylic acids is 2. The minimum absolute atomic E-state index is 0.0638. The second-order valence-corrected chi connectivity index (χ2v) is 7.04. The van der Waals surface area contributed by atoms with Crippen LogP contribution in [0.15, 0.2) is 64.7 Å². The van der Waals surface area contributed by atoms with Gasteiger partial charge in [-0.1, -0.05) is 47.7 Å². The number of amides is 1. The first-order chi connectivity index (χ1) is 12.2. The van der Waals surface area contributed by atoms with Gasteiger partial charge in [-0.2, -0.15) is 0 Å². The Bertz CT molecular complexity index is 950. The van der Waals surface area contributed by atoms with E-state index in [0.717, 1.165) is 5.56 Å². The Morgan fingerprint density at radius 1 is 1.12 bits per heavy atom. The van der Waals surface area contributed by atoms with Gasteiger partial charge in [-0.25, -0.2) is 0 Å². The van der Waals surface area contributed by atoms with Crippen LogP contribution in [0, 0.1) is 0 Å². The fourth-order valence-corrected chi connectivity index (χ4v) is 4.06. The van der Waals surface area contributed by atoms with Crippen LogP contribution in [0.5, 0.6) is 0 Å². The molecule has 0 bridgehead atoms. The summed E-state index contributed by atoms with van der Waals surface area (Å²) in [7, 11) is 0. The molecule has 0 aliphatic carbocycles. The first kappa shape index (κ1) is 15.7. The average molecular weight is 369 g/mol. The Morgan fingerprint density at radius 2 is 1.92 bits per heavy atom. The fraction of sp³-hybridized carbons (Fsp3) is 0.0588. The van der Waals surface area contributed by atoms with Crippen molar-refractivity contribution in [1.29, 1.82) is 0 Å². The maximum absolute atomic E-state index is 12.9. The third-order valence-electron chi connectivity index (χ3n) is 3.87. The summed E-state index contributed by atoms with van der Waals surface area (Å²) in [6, 6.07) is 11.8. The second-order valence-electron chi connectivity index (χ2n) is 5.28. The normalized spacial score (nSPS) is 17.4. The van der Waals surface area contributed by atoms with Crippen LogP contribution in [-0.4, -0.2) is 27.0 Å². The number of ketones is 1. The molecule has 4 rings (SSSR count). The third-order valence-corrected chi connectivity index (χ3v) is 5.43. The number of Topliss-reactive ketones (excluding diaryl/α,β-unsaturated/α-hetero) is 1. The van der Waals surface area contributed by atoms with Crippen molar-refractivity contribution in [2.24, 2.45) is 0 Å².